The van der Waals surface area contributed by atoms with E-state index in [1.807, 2.05) is 50.2 Å². The predicted molar refractivity (Wildman–Crippen MR) is 103 cm³/mol. The fraction of sp³-hybridized carbons (Fsp3) is 0.200. The van der Waals surface area contributed by atoms with Crippen LogP contribution in [0.1, 0.15) is 43.2 Å². The fourth-order valence-corrected chi connectivity index (χ4v) is 3.55. The lowest BCUT2D eigenvalue weighted by atomic mass is 10.2. The number of nitrogens with one attached hydrogen (secondary N) is 2. The van der Waals surface area contributed by atoms with Crippen molar-refractivity contribution in [1.82, 2.24) is 10.9 Å². The van der Waals surface area contributed by atoms with Gasteiger partial charge in [0.05, 0.1) is 11.1 Å². The van der Waals surface area contributed by atoms with E-state index >= 15 is 0 Å². The molecule has 3 aromatic rings. The summed E-state index contributed by atoms with van der Waals surface area (Å²) in [5.41, 5.74) is 6.47. The third-order valence-corrected chi connectivity index (χ3v) is 5.33. The normalized spacial score (nSPS) is 10.4. The molecule has 27 heavy (non-hydrogen) atoms. The van der Waals surface area contributed by atoms with Gasteiger partial charge >= 0.3 is 5.91 Å². The number of furan rings is 1. The molecule has 0 bridgehead atoms. The molecule has 0 radical (unpaired) electrons. The highest BCUT2D eigenvalue weighted by Gasteiger charge is 2.18. The van der Waals surface area contributed by atoms with Crippen LogP contribution in [0.5, 0.6) is 5.75 Å². The summed E-state index contributed by atoms with van der Waals surface area (Å²) in [5.74, 6) is -0.102. The number of thiophene rings is 1. The quantitative estimate of drug-likeness (QED) is 0.632. The molecule has 0 saturated carbocycles. The Morgan fingerprint density at radius 1 is 1.11 bits per heavy atom. The van der Waals surface area contributed by atoms with Crippen LogP contribution in [-0.2, 0) is 13.0 Å². The van der Waals surface area contributed by atoms with E-state index in [-0.39, 0.29) is 18.3 Å². The highest BCUT2D eigenvalue weighted by atomic mass is 32.1. The van der Waals surface area contributed by atoms with Gasteiger partial charge in [0.2, 0.25) is 0 Å². The van der Waals surface area contributed by atoms with Gasteiger partial charge in [0.1, 0.15) is 12.4 Å². The molecule has 2 amide bonds. The van der Waals surface area contributed by atoms with Crippen LogP contribution in [0.3, 0.4) is 0 Å². The summed E-state index contributed by atoms with van der Waals surface area (Å²) in [5, 5.41) is 0. The van der Waals surface area contributed by atoms with Gasteiger partial charge in [0.15, 0.2) is 5.76 Å². The van der Waals surface area contributed by atoms with E-state index in [1.165, 1.54) is 17.6 Å². The number of carbonyl (C=O) groups excluding carboxylic acids is 2. The molecule has 1 aromatic carbocycles. The van der Waals surface area contributed by atoms with Gasteiger partial charge in [-0.1, -0.05) is 25.1 Å². The van der Waals surface area contributed by atoms with E-state index in [0.717, 1.165) is 16.9 Å². The molecule has 0 fully saturated rings. The number of amides is 2. The van der Waals surface area contributed by atoms with Gasteiger partial charge in [-0.05, 0) is 43.2 Å². The number of rotatable bonds is 6. The minimum Gasteiger partial charge on any atom is -0.489 e. The van der Waals surface area contributed by atoms with Gasteiger partial charge < -0.3 is 9.15 Å². The molecule has 0 atom stereocenters. The zero-order chi connectivity index (χ0) is 19.2. The van der Waals surface area contributed by atoms with Gasteiger partial charge in [0.25, 0.3) is 5.91 Å². The fourth-order valence-electron chi connectivity index (χ4n) is 2.54. The first-order valence-electron chi connectivity index (χ1n) is 8.52. The van der Waals surface area contributed by atoms with Crippen molar-refractivity contribution in [2.45, 2.75) is 26.9 Å². The number of benzene rings is 1. The molecule has 0 saturated heterocycles. The van der Waals surface area contributed by atoms with E-state index in [1.54, 1.807) is 6.07 Å². The smallest absolute Gasteiger partial charge is 0.305 e. The molecule has 0 aliphatic rings. The average Bonchev–Trinajstić information content (AvgIpc) is 3.31. The minimum absolute atomic E-state index is 0.0999. The summed E-state index contributed by atoms with van der Waals surface area (Å²) in [6.07, 6.45) is 2.28. The molecule has 2 aromatic heterocycles. The molecule has 2 heterocycles. The first-order chi connectivity index (χ1) is 13.1. The van der Waals surface area contributed by atoms with Gasteiger partial charge in [-0.2, -0.15) is 0 Å². The number of aryl methyl sites for hydroxylation is 2. The largest absolute Gasteiger partial charge is 0.489 e. The maximum Gasteiger partial charge on any atom is 0.305 e. The van der Waals surface area contributed by atoms with E-state index in [0.29, 0.717) is 16.2 Å². The van der Waals surface area contributed by atoms with Crippen LogP contribution in [0.15, 0.2) is 53.1 Å². The second kappa shape index (κ2) is 8.55. The van der Waals surface area contributed by atoms with Crippen molar-refractivity contribution >= 4 is 23.2 Å². The molecule has 0 spiro atoms. The van der Waals surface area contributed by atoms with E-state index in [4.69, 9.17) is 9.15 Å². The Bertz CT molecular complexity index is 931. The van der Waals surface area contributed by atoms with Crippen molar-refractivity contribution in [2.75, 3.05) is 0 Å². The van der Waals surface area contributed by atoms with Crippen LogP contribution in [0, 0.1) is 6.92 Å². The summed E-state index contributed by atoms with van der Waals surface area (Å²) in [7, 11) is 0. The highest BCUT2D eigenvalue weighted by molar-refractivity contribution is 7.14. The van der Waals surface area contributed by atoms with Crippen molar-refractivity contribution in [3.63, 3.8) is 0 Å². The molecule has 3 rings (SSSR count). The Kier molecular flexibility index (Phi) is 5.93. The van der Waals surface area contributed by atoms with E-state index in [2.05, 4.69) is 10.9 Å². The van der Waals surface area contributed by atoms with Crippen LogP contribution in [0.25, 0.3) is 0 Å². The SMILES string of the molecule is CCc1sc(C(=O)NNC(=O)c2occc2COc2ccccc2)cc1C. The van der Waals surface area contributed by atoms with Crippen LogP contribution < -0.4 is 15.6 Å². The molecule has 0 aliphatic carbocycles. The van der Waals surface area contributed by atoms with Gasteiger partial charge in [-0.3, -0.25) is 20.4 Å². The Balaban J connectivity index is 1.58. The summed E-state index contributed by atoms with van der Waals surface area (Å²) in [6.45, 7) is 4.19. The molecule has 0 aliphatic heterocycles. The zero-order valence-electron chi connectivity index (χ0n) is 15.1. The molecule has 6 nitrogen and oxygen atoms in total. The van der Waals surface area contributed by atoms with Crippen LogP contribution >= 0.6 is 11.3 Å². The standard InChI is InChI=1S/C20H20N2O4S/c1-3-16-13(2)11-17(27-16)19(23)21-22-20(24)18-14(9-10-25-18)12-26-15-7-5-4-6-8-15/h4-11H,3,12H2,1-2H3,(H,21,23)(H,22,24). The van der Waals surface area contributed by atoms with Crippen molar-refractivity contribution < 1.29 is 18.7 Å². The number of hydrazine groups is 1. The third kappa shape index (κ3) is 4.57. The summed E-state index contributed by atoms with van der Waals surface area (Å²) < 4.78 is 10.9. The van der Waals surface area contributed by atoms with E-state index in [9.17, 15) is 9.59 Å². The molecule has 7 heteroatoms. The first kappa shape index (κ1) is 18.7. The zero-order valence-corrected chi connectivity index (χ0v) is 15.9. The first-order valence-corrected chi connectivity index (χ1v) is 9.34. The van der Waals surface area contributed by atoms with Gasteiger partial charge in [0, 0.05) is 10.4 Å². The van der Waals surface area contributed by atoms with Crippen LogP contribution in [0.4, 0.5) is 0 Å². The molecular formula is C20H20N2O4S. The number of hydrogen-bond donors (Lipinski definition) is 2. The van der Waals surface area contributed by atoms with Gasteiger partial charge in [-0.15, -0.1) is 11.3 Å². The molecule has 140 valence electrons. The summed E-state index contributed by atoms with van der Waals surface area (Å²) in [6, 6.07) is 12.8. The highest BCUT2D eigenvalue weighted by Crippen LogP contribution is 2.22. The van der Waals surface area contributed by atoms with Gasteiger partial charge in [-0.25, -0.2) is 0 Å². The maximum atomic E-state index is 12.3. The van der Waals surface area contributed by atoms with Crippen LogP contribution in [-0.4, -0.2) is 11.8 Å². The maximum absolute atomic E-state index is 12.3. The Morgan fingerprint density at radius 3 is 2.56 bits per heavy atom. The number of hydrogen-bond acceptors (Lipinski definition) is 5. The predicted octanol–water partition coefficient (Wildman–Crippen LogP) is 3.87. The lowest BCUT2D eigenvalue weighted by Crippen LogP contribution is -2.41. The summed E-state index contributed by atoms with van der Waals surface area (Å²) >= 11 is 1.42. The van der Waals surface area contributed by atoms with Crippen LogP contribution in [0.2, 0.25) is 0 Å². The minimum atomic E-state index is -0.538. The third-order valence-electron chi connectivity index (χ3n) is 3.95. The monoisotopic (exact) mass is 384 g/mol. The second-order valence-electron chi connectivity index (χ2n) is 5.86. The lowest BCUT2D eigenvalue weighted by molar-refractivity contribution is 0.0830. The number of ether oxygens (including phenoxy) is 1. The number of carbonyl (C=O) groups is 2. The molecule has 2 N–H and O–H groups in total. The topological polar surface area (TPSA) is 80.6 Å². The Morgan fingerprint density at radius 2 is 1.85 bits per heavy atom. The van der Waals surface area contributed by atoms with E-state index < -0.39 is 5.91 Å². The number of para-hydroxylation sites is 1. The molecule has 0 unspecified atom stereocenters. The average molecular weight is 384 g/mol. The Hall–Kier alpha value is -3.06. The summed E-state index contributed by atoms with van der Waals surface area (Å²) in [4.78, 5) is 26.3. The Labute approximate surface area is 161 Å². The van der Waals surface area contributed by atoms with Crippen molar-refractivity contribution in [3.05, 3.63) is 75.4 Å². The lowest BCUT2D eigenvalue weighted by Gasteiger charge is -2.07. The van der Waals surface area contributed by atoms with Crippen molar-refractivity contribution in [3.8, 4) is 5.75 Å². The van der Waals surface area contributed by atoms with Crippen molar-refractivity contribution in [1.29, 1.82) is 0 Å². The molecular weight excluding hydrogens is 364 g/mol. The second-order valence-corrected chi connectivity index (χ2v) is 6.99. The van der Waals surface area contributed by atoms with Crippen molar-refractivity contribution in [2.24, 2.45) is 0 Å².